The van der Waals surface area contributed by atoms with Crippen molar-refractivity contribution < 1.29 is 10.2 Å². The summed E-state index contributed by atoms with van der Waals surface area (Å²) in [5.41, 5.74) is 1.32. The molecule has 0 amide bonds. The number of nitrogens with zero attached hydrogens (tertiary/aromatic N) is 3. The Kier molecular flexibility index (Phi) is 3.28. The molecule has 0 saturated carbocycles. The number of aliphatic hydroxyl groups is 2. The minimum atomic E-state index is -0.228. The monoisotopic (exact) mass is 240 g/mol. The molecule has 3 N–H and O–H groups in total. The van der Waals surface area contributed by atoms with Crippen LogP contribution >= 0.6 is 12.2 Å². The molecule has 16 heavy (non-hydrogen) atoms. The molecule has 6 nitrogen and oxygen atoms in total. The molecule has 0 bridgehead atoms. The second-order valence-corrected chi connectivity index (χ2v) is 3.79. The van der Waals surface area contributed by atoms with Gasteiger partial charge in [0.25, 0.3) is 0 Å². The van der Waals surface area contributed by atoms with Crippen molar-refractivity contribution in [1.29, 1.82) is 0 Å². The number of fused-ring (bicyclic) bond motifs is 1. The molecule has 86 valence electrons. The number of aliphatic hydroxyl groups excluding tert-OH is 2. The highest BCUT2D eigenvalue weighted by atomic mass is 32.1. The molecule has 2 rings (SSSR count). The van der Waals surface area contributed by atoms with E-state index in [9.17, 15) is 5.11 Å². The number of nitrogens with one attached hydrogen (secondary N) is 1. The summed E-state index contributed by atoms with van der Waals surface area (Å²) in [5, 5.41) is 18.2. The number of rotatable bonds is 4. The zero-order valence-electron chi connectivity index (χ0n) is 8.50. The van der Waals surface area contributed by atoms with Crippen LogP contribution in [0.1, 0.15) is 12.5 Å². The van der Waals surface area contributed by atoms with E-state index >= 15 is 0 Å². The van der Waals surface area contributed by atoms with Crippen molar-refractivity contribution >= 4 is 23.4 Å². The summed E-state index contributed by atoms with van der Waals surface area (Å²) in [6.45, 7) is -0.0721. The third-order valence-electron chi connectivity index (χ3n) is 2.45. The molecule has 2 heterocycles. The van der Waals surface area contributed by atoms with Gasteiger partial charge in [-0.15, -0.1) is 0 Å². The maximum atomic E-state index is 9.25. The van der Waals surface area contributed by atoms with Crippen molar-refractivity contribution in [3.8, 4) is 0 Å². The largest absolute Gasteiger partial charge is 0.396 e. The van der Waals surface area contributed by atoms with Gasteiger partial charge in [-0.05, 0) is 6.42 Å². The number of aromatic nitrogens is 4. The lowest BCUT2D eigenvalue weighted by molar-refractivity contribution is 0.188. The van der Waals surface area contributed by atoms with Crippen LogP contribution in [-0.2, 0) is 0 Å². The van der Waals surface area contributed by atoms with E-state index in [4.69, 9.17) is 17.3 Å². The maximum absolute atomic E-state index is 9.25. The van der Waals surface area contributed by atoms with Crippen molar-refractivity contribution in [2.24, 2.45) is 0 Å². The average molecular weight is 240 g/mol. The van der Waals surface area contributed by atoms with Gasteiger partial charge in [0, 0.05) is 6.61 Å². The molecule has 1 unspecified atom stereocenters. The van der Waals surface area contributed by atoms with Crippen LogP contribution in [-0.4, -0.2) is 42.9 Å². The van der Waals surface area contributed by atoms with Crippen LogP contribution in [0.25, 0.3) is 11.2 Å². The lowest BCUT2D eigenvalue weighted by Gasteiger charge is -2.14. The second kappa shape index (κ2) is 4.69. The third-order valence-corrected chi connectivity index (χ3v) is 2.74. The Morgan fingerprint density at radius 3 is 2.94 bits per heavy atom. The summed E-state index contributed by atoms with van der Waals surface area (Å²) in [6.07, 6.45) is 3.53. The highest BCUT2D eigenvalue weighted by Crippen LogP contribution is 2.18. The van der Waals surface area contributed by atoms with Crippen LogP contribution in [0.15, 0.2) is 12.7 Å². The summed E-state index contributed by atoms with van der Waals surface area (Å²) < 4.78 is 2.18. The number of hydrogen-bond donors (Lipinski definition) is 3. The lowest BCUT2D eigenvalue weighted by atomic mass is 10.2. The number of H-pyrrole nitrogens is 1. The zero-order chi connectivity index (χ0) is 11.5. The molecule has 2 aromatic heterocycles. The third kappa shape index (κ3) is 1.84. The Hall–Kier alpha value is -1.31. The summed E-state index contributed by atoms with van der Waals surface area (Å²) in [5.74, 6) is 0. The zero-order valence-corrected chi connectivity index (χ0v) is 9.31. The summed E-state index contributed by atoms with van der Waals surface area (Å²) in [7, 11) is 0. The topological polar surface area (TPSA) is 87.0 Å². The molecule has 0 aliphatic heterocycles. The van der Waals surface area contributed by atoms with Crippen LogP contribution in [0.2, 0.25) is 0 Å². The minimum absolute atomic E-state index is 0.00163. The molecule has 0 spiro atoms. The van der Waals surface area contributed by atoms with Gasteiger partial charge in [-0.1, -0.05) is 12.2 Å². The fourth-order valence-corrected chi connectivity index (χ4v) is 1.89. The molecule has 0 aromatic carbocycles. The molecule has 0 fully saturated rings. The van der Waals surface area contributed by atoms with Crippen LogP contribution < -0.4 is 0 Å². The number of hydrogen-bond acceptors (Lipinski definition) is 5. The highest BCUT2D eigenvalue weighted by Gasteiger charge is 2.14. The normalized spacial score (nSPS) is 13.1. The van der Waals surface area contributed by atoms with Gasteiger partial charge in [0.05, 0.1) is 25.3 Å². The molecule has 0 radical (unpaired) electrons. The first-order valence-electron chi connectivity index (χ1n) is 4.90. The van der Waals surface area contributed by atoms with Gasteiger partial charge in [-0.25, -0.2) is 9.97 Å². The van der Waals surface area contributed by atoms with Gasteiger partial charge in [-0.3, -0.25) is 0 Å². The van der Waals surface area contributed by atoms with E-state index in [-0.39, 0.29) is 19.3 Å². The van der Waals surface area contributed by atoms with Crippen LogP contribution in [0, 0.1) is 4.64 Å². The van der Waals surface area contributed by atoms with Crippen molar-refractivity contribution in [1.82, 2.24) is 19.5 Å². The van der Waals surface area contributed by atoms with E-state index in [1.807, 2.05) is 0 Å². The average Bonchev–Trinajstić information content (AvgIpc) is 2.71. The maximum Gasteiger partial charge on any atom is 0.160 e. The molecule has 0 aliphatic carbocycles. The standard InChI is InChI=1S/C9H12N4O2S/c14-2-1-6(3-15)13-5-12-8-7(13)9(16)11-4-10-8/h4-6,14-15H,1-3H2,(H,10,11,16). The van der Waals surface area contributed by atoms with E-state index in [1.165, 1.54) is 6.33 Å². The fraction of sp³-hybridized carbons (Fsp3) is 0.444. The van der Waals surface area contributed by atoms with Crippen LogP contribution in [0.4, 0.5) is 0 Å². The van der Waals surface area contributed by atoms with Crippen molar-refractivity contribution in [2.75, 3.05) is 13.2 Å². The number of imidazole rings is 1. The van der Waals surface area contributed by atoms with Gasteiger partial charge < -0.3 is 19.8 Å². The SMILES string of the molecule is OCCC(CO)n1cnc2[nH]cnc(=S)c21. The Bertz CT molecular complexity index is 536. The molecule has 1 atom stereocenters. The molecular weight excluding hydrogens is 228 g/mol. The molecular formula is C9H12N4O2S. The molecule has 7 heteroatoms. The Morgan fingerprint density at radius 1 is 1.44 bits per heavy atom. The van der Waals surface area contributed by atoms with Gasteiger partial charge in [0.1, 0.15) is 5.52 Å². The van der Waals surface area contributed by atoms with Crippen LogP contribution in [0.5, 0.6) is 0 Å². The predicted octanol–water partition coefficient (Wildman–Crippen LogP) is 0.405. The second-order valence-electron chi connectivity index (χ2n) is 3.41. The van der Waals surface area contributed by atoms with E-state index in [1.54, 1.807) is 10.9 Å². The fourth-order valence-electron chi connectivity index (χ4n) is 1.64. The molecule has 0 saturated heterocycles. The van der Waals surface area contributed by atoms with Crippen molar-refractivity contribution in [2.45, 2.75) is 12.5 Å². The smallest absolute Gasteiger partial charge is 0.160 e. The Labute approximate surface area is 96.6 Å². The van der Waals surface area contributed by atoms with Gasteiger partial charge in [0.2, 0.25) is 0 Å². The first-order chi connectivity index (χ1) is 7.77. The van der Waals surface area contributed by atoms with E-state index < -0.39 is 0 Å². The molecule has 0 aliphatic rings. The highest BCUT2D eigenvalue weighted by molar-refractivity contribution is 7.71. The lowest BCUT2D eigenvalue weighted by Crippen LogP contribution is -2.14. The van der Waals surface area contributed by atoms with E-state index in [0.29, 0.717) is 22.2 Å². The quantitative estimate of drug-likeness (QED) is 0.674. The summed E-state index contributed by atoms with van der Waals surface area (Å²) >= 11 is 5.11. The molecule has 2 aromatic rings. The van der Waals surface area contributed by atoms with Crippen molar-refractivity contribution in [3.05, 3.63) is 17.3 Å². The first-order valence-corrected chi connectivity index (χ1v) is 5.30. The van der Waals surface area contributed by atoms with Crippen molar-refractivity contribution in [3.63, 3.8) is 0 Å². The first kappa shape index (κ1) is 11.2. The predicted molar refractivity (Wildman–Crippen MR) is 60.5 cm³/mol. The van der Waals surface area contributed by atoms with E-state index in [2.05, 4.69) is 15.0 Å². The Balaban J connectivity index is 2.56. The van der Waals surface area contributed by atoms with E-state index in [0.717, 1.165) is 0 Å². The summed E-state index contributed by atoms with van der Waals surface area (Å²) in [4.78, 5) is 11.0. The minimum Gasteiger partial charge on any atom is -0.396 e. The van der Waals surface area contributed by atoms with Crippen LogP contribution in [0.3, 0.4) is 0 Å². The summed E-state index contributed by atoms with van der Waals surface area (Å²) in [6, 6.07) is -0.228. The Morgan fingerprint density at radius 2 is 2.25 bits per heavy atom. The van der Waals surface area contributed by atoms with Gasteiger partial charge in [-0.2, -0.15) is 0 Å². The van der Waals surface area contributed by atoms with Gasteiger partial charge >= 0.3 is 0 Å². The van der Waals surface area contributed by atoms with Gasteiger partial charge in [0.15, 0.2) is 10.3 Å². The number of aromatic amines is 1.